The monoisotopic (exact) mass is 256 g/mol. The Morgan fingerprint density at radius 1 is 1.33 bits per heavy atom. The van der Waals surface area contributed by atoms with Crippen LogP contribution in [0.25, 0.3) is 0 Å². The maximum Gasteiger partial charge on any atom is 0.215 e. The third-order valence-corrected chi connectivity index (χ3v) is 6.17. The van der Waals surface area contributed by atoms with Crippen molar-refractivity contribution in [1.82, 2.24) is 10.0 Å². The smallest absolute Gasteiger partial charge is 0.215 e. The summed E-state index contributed by atoms with van der Waals surface area (Å²) in [7, 11) is -4.90. The Bertz CT molecular complexity index is 401. The molecular formula is C7H16N2O4S2. The van der Waals surface area contributed by atoms with Crippen LogP contribution >= 0.6 is 0 Å². The zero-order valence-corrected chi connectivity index (χ0v) is 10.2. The van der Waals surface area contributed by atoms with E-state index in [0.29, 0.717) is 6.54 Å². The van der Waals surface area contributed by atoms with E-state index in [4.69, 9.17) is 0 Å². The van der Waals surface area contributed by atoms with Crippen molar-refractivity contribution in [3.8, 4) is 0 Å². The predicted octanol–water partition coefficient (Wildman–Crippen LogP) is -1.69. The molecule has 0 aromatic rings. The minimum atomic E-state index is -3.47. The first kappa shape index (κ1) is 12.9. The second-order valence-corrected chi connectivity index (χ2v) is 7.84. The molecule has 6 nitrogen and oxygen atoms in total. The molecule has 1 atom stereocenters. The number of hydrogen-bond donors (Lipinski definition) is 2. The molecule has 1 rings (SSSR count). The highest BCUT2D eigenvalue weighted by Gasteiger charge is 2.36. The first-order valence-electron chi connectivity index (χ1n) is 4.71. The molecule has 1 unspecified atom stereocenters. The summed E-state index contributed by atoms with van der Waals surface area (Å²) in [6.45, 7) is 0.814. The summed E-state index contributed by atoms with van der Waals surface area (Å²) in [5, 5.41) is 2.02. The largest absolute Gasteiger partial charge is 0.318 e. The second-order valence-electron chi connectivity index (χ2n) is 3.57. The quantitative estimate of drug-likeness (QED) is 0.573. The van der Waals surface area contributed by atoms with Gasteiger partial charge in [-0.1, -0.05) is 0 Å². The number of sulfone groups is 1. The summed E-state index contributed by atoms with van der Waals surface area (Å²) in [5.41, 5.74) is 0. The van der Waals surface area contributed by atoms with E-state index < -0.39 is 25.1 Å². The lowest BCUT2D eigenvalue weighted by atomic mass is 10.4. The molecule has 1 fully saturated rings. The average molecular weight is 256 g/mol. The zero-order valence-electron chi connectivity index (χ0n) is 8.56. The van der Waals surface area contributed by atoms with E-state index in [1.165, 1.54) is 0 Å². The van der Waals surface area contributed by atoms with Gasteiger partial charge in [0.1, 0.15) is 0 Å². The summed E-state index contributed by atoms with van der Waals surface area (Å²) in [5.74, 6) is -0.271. The minimum Gasteiger partial charge on any atom is -0.318 e. The van der Waals surface area contributed by atoms with Crippen molar-refractivity contribution in [3.05, 3.63) is 0 Å². The Balaban J connectivity index is 2.56. The Kier molecular flexibility index (Phi) is 4.10. The van der Waals surface area contributed by atoms with Crippen molar-refractivity contribution in [3.63, 3.8) is 0 Å². The standard InChI is InChI=1S/C7H16N2O4S2/c1-8-3-4-9-15(12,13)7-2-5-14(10,11)6-7/h7-9H,2-6H2,1H3. The molecular weight excluding hydrogens is 240 g/mol. The molecule has 0 bridgehead atoms. The van der Waals surface area contributed by atoms with Crippen molar-refractivity contribution in [1.29, 1.82) is 0 Å². The van der Waals surface area contributed by atoms with Crippen LogP contribution in [-0.2, 0) is 19.9 Å². The fourth-order valence-corrected chi connectivity index (χ4v) is 5.52. The molecule has 1 aliphatic heterocycles. The Labute approximate surface area is 90.4 Å². The lowest BCUT2D eigenvalue weighted by Gasteiger charge is -2.10. The van der Waals surface area contributed by atoms with Crippen molar-refractivity contribution >= 4 is 19.9 Å². The SMILES string of the molecule is CNCCNS(=O)(=O)C1CCS(=O)(=O)C1. The topological polar surface area (TPSA) is 92.3 Å². The first-order valence-corrected chi connectivity index (χ1v) is 8.08. The molecule has 15 heavy (non-hydrogen) atoms. The molecule has 0 aromatic heterocycles. The van der Waals surface area contributed by atoms with Crippen LogP contribution in [0.4, 0.5) is 0 Å². The minimum absolute atomic E-state index is 0.0232. The van der Waals surface area contributed by atoms with E-state index in [0.717, 1.165) is 0 Å². The number of rotatable bonds is 5. The highest BCUT2D eigenvalue weighted by atomic mass is 32.2. The molecule has 2 N–H and O–H groups in total. The van der Waals surface area contributed by atoms with Crippen molar-refractivity contribution in [2.75, 3.05) is 31.6 Å². The van der Waals surface area contributed by atoms with Crippen molar-refractivity contribution < 1.29 is 16.8 Å². The van der Waals surface area contributed by atoms with Gasteiger partial charge >= 0.3 is 0 Å². The Morgan fingerprint density at radius 3 is 2.47 bits per heavy atom. The summed E-state index contributed by atoms with van der Waals surface area (Å²) in [4.78, 5) is 0. The third-order valence-electron chi connectivity index (χ3n) is 2.31. The van der Waals surface area contributed by atoms with Crippen LogP contribution in [0.5, 0.6) is 0 Å². The first-order chi connectivity index (χ1) is 6.87. The maximum absolute atomic E-state index is 11.6. The van der Waals surface area contributed by atoms with Gasteiger partial charge in [-0.2, -0.15) is 0 Å². The number of sulfonamides is 1. The summed E-state index contributed by atoms with van der Waals surface area (Å²) in [6, 6.07) is 0. The lowest BCUT2D eigenvalue weighted by Crippen LogP contribution is -2.38. The van der Waals surface area contributed by atoms with Gasteiger partial charge < -0.3 is 5.32 Å². The van der Waals surface area contributed by atoms with Crippen molar-refractivity contribution in [2.24, 2.45) is 0 Å². The lowest BCUT2D eigenvalue weighted by molar-refractivity contribution is 0.566. The predicted molar refractivity (Wildman–Crippen MR) is 57.9 cm³/mol. The fourth-order valence-electron chi connectivity index (χ4n) is 1.44. The third kappa shape index (κ3) is 3.71. The van der Waals surface area contributed by atoms with Gasteiger partial charge in [-0.3, -0.25) is 0 Å². The molecule has 0 aliphatic carbocycles. The van der Waals surface area contributed by atoms with Crippen LogP contribution in [-0.4, -0.2) is 53.7 Å². The molecule has 1 aliphatic rings. The Morgan fingerprint density at radius 2 is 2.00 bits per heavy atom. The number of nitrogens with one attached hydrogen (secondary N) is 2. The molecule has 1 saturated heterocycles. The van der Waals surface area contributed by atoms with Crippen LogP contribution in [0, 0.1) is 0 Å². The van der Waals surface area contributed by atoms with Gasteiger partial charge in [0.2, 0.25) is 10.0 Å². The van der Waals surface area contributed by atoms with E-state index in [9.17, 15) is 16.8 Å². The Hall–Kier alpha value is -0.180. The molecule has 8 heteroatoms. The van der Waals surface area contributed by atoms with E-state index in [1.807, 2.05) is 0 Å². The van der Waals surface area contributed by atoms with Crippen LogP contribution in [0.1, 0.15) is 6.42 Å². The van der Waals surface area contributed by atoms with Gasteiger partial charge in [0.15, 0.2) is 9.84 Å². The maximum atomic E-state index is 11.6. The van der Waals surface area contributed by atoms with Crippen LogP contribution in [0.3, 0.4) is 0 Å². The molecule has 0 amide bonds. The van der Waals surface area contributed by atoms with Crippen LogP contribution in [0.2, 0.25) is 0 Å². The molecule has 0 spiro atoms. The molecule has 0 aromatic carbocycles. The van der Waals surface area contributed by atoms with Gasteiger partial charge in [-0.05, 0) is 13.5 Å². The molecule has 0 saturated carbocycles. The molecule has 0 radical (unpaired) electrons. The van der Waals surface area contributed by atoms with Gasteiger partial charge in [-0.15, -0.1) is 0 Å². The van der Waals surface area contributed by atoms with Gasteiger partial charge in [0, 0.05) is 13.1 Å². The van der Waals surface area contributed by atoms with Gasteiger partial charge in [-0.25, -0.2) is 21.6 Å². The van der Waals surface area contributed by atoms with E-state index in [2.05, 4.69) is 10.0 Å². The summed E-state index contributed by atoms with van der Waals surface area (Å²) < 4.78 is 47.8. The molecule has 90 valence electrons. The average Bonchev–Trinajstić information content (AvgIpc) is 2.47. The number of hydrogen-bond acceptors (Lipinski definition) is 5. The number of likely N-dealkylation sites (N-methyl/N-ethyl adjacent to an activating group) is 1. The highest BCUT2D eigenvalue weighted by molar-refractivity contribution is 7.95. The van der Waals surface area contributed by atoms with E-state index >= 15 is 0 Å². The van der Waals surface area contributed by atoms with E-state index in [-0.39, 0.29) is 24.5 Å². The zero-order chi connectivity index (χ0) is 11.5. The fraction of sp³-hybridized carbons (Fsp3) is 1.00. The van der Waals surface area contributed by atoms with Crippen molar-refractivity contribution in [2.45, 2.75) is 11.7 Å². The van der Waals surface area contributed by atoms with Crippen LogP contribution < -0.4 is 10.0 Å². The molecule has 1 heterocycles. The summed E-state index contributed by atoms with van der Waals surface area (Å²) >= 11 is 0. The van der Waals surface area contributed by atoms with Gasteiger partial charge in [0.25, 0.3) is 0 Å². The highest BCUT2D eigenvalue weighted by Crippen LogP contribution is 2.17. The van der Waals surface area contributed by atoms with E-state index in [1.54, 1.807) is 7.05 Å². The van der Waals surface area contributed by atoms with Gasteiger partial charge in [0.05, 0.1) is 16.8 Å². The normalized spacial score (nSPS) is 25.5. The second kappa shape index (κ2) is 4.77. The van der Waals surface area contributed by atoms with Crippen LogP contribution in [0.15, 0.2) is 0 Å². The summed E-state index contributed by atoms with van der Waals surface area (Å²) in [6.07, 6.45) is 0.206.